The van der Waals surface area contributed by atoms with Crippen molar-refractivity contribution in [2.75, 3.05) is 23.3 Å². The van der Waals surface area contributed by atoms with Crippen molar-refractivity contribution in [3.05, 3.63) is 59.7 Å². The van der Waals surface area contributed by atoms with Gasteiger partial charge in [0.1, 0.15) is 0 Å². The second kappa shape index (κ2) is 8.15. The number of amides is 2. The van der Waals surface area contributed by atoms with E-state index in [1.54, 1.807) is 0 Å². The van der Waals surface area contributed by atoms with Crippen LogP contribution in [0.1, 0.15) is 30.9 Å². The summed E-state index contributed by atoms with van der Waals surface area (Å²) >= 11 is 0. The molecule has 0 unspecified atom stereocenters. The zero-order valence-electron chi connectivity index (χ0n) is 16.3. The molecular formula is C23H27N3O2. The van der Waals surface area contributed by atoms with E-state index in [1.807, 2.05) is 47.4 Å². The number of fused-ring (bicyclic) bond motifs is 1. The van der Waals surface area contributed by atoms with Crippen LogP contribution in [0.3, 0.4) is 0 Å². The lowest BCUT2D eigenvalue weighted by atomic mass is 9.92. The average Bonchev–Trinajstić information content (AvgIpc) is 3.14. The van der Waals surface area contributed by atoms with Gasteiger partial charge in [-0.05, 0) is 62.1 Å². The molecule has 2 aliphatic heterocycles. The van der Waals surface area contributed by atoms with Gasteiger partial charge in [-0.25, -0.2) is 0 Å². The van der Waals surface area contributed by atoms with Crippen LogP contribution in [0.2, 0.25) is 0 Å². The summed E-state index contributed by atoms with van der Waals surface area (Å²) in [7, 11) is 0. The molecule has 0 radical (unpaired) electrons. The molecule has 2 N–H and O–H groups in total. The molecule has 5 heteroatoms. The van der Waals surface area contributed by atoms with E-state index in [0.29, 0.717) is 12.5 Å². The molecule has 146 valence electrons. The standard InChI is InChI=1S/C23H27N3O2/c1-16-14-19(10-12-24-16)23(28)25-20-8-6-17(7-9-20)15-22(27)26-13-11-18-4-2-3-5-21(18)26/h2-9,16,19,24H,10-15H2,1H3,(H,25,28)/t16-,19-/m0/s1. The maximum absolute atomic E-state index is 12.7. The van der Waals surface area contributed by atoms with Crippen LogP contribution in [0, 0.1) is 5.92 Å². The zero-order valence-corrected chi connectivity index (χ0v) is 16.3. The molecule has 0 spiro atoms. The Hall–Kier alpha value is -2.66. The second-order valence-corrected chi connectivity index (χ2v) is 7.86. The highest BCUT2D eigenvalue weighted by molar-refractivity contribution is 5.97. The van der Waals surface area contributed by atoms with Crippen LogP contribution in [0.4, 0.5) is 11.4 Å². The molecule has 0 aromatic heterocycles. The molecule has 0 aliphatic carbocycles. The van der Waals surface area contributed by atoms with E-state index < -0.39 is 0 Å². The van der Waals surface area contributed by atoms with Crippen molar-refractivity contribution >= 4 is 23.2 Å². The van der Waals surface area contributed by atoms with E-state index in [-0.39, 0.29) is 17.7 Å². The first-order valence-electron chi connectivity index (χ1n) is 10.1. The minimum Gasteiger partial charge on any atom is -0.326 e. The van der Waals surface area contributed by atoms with Crippen molar-refractivity contribution in [3.63, 3.8) is 0 Å². The predicted molar refractivity (Wildman–Crippen MR) is 111 cm³/mol. The van der Waals surface area contributed by atoms with Crippen LogP contribution in [-0.4, -0.2) is 30.9 Å². The average molecular weight is 377 g/mol. The number of rotatable bonds is 4. The summed E-state index contributed by atoms with van der Waals surface area (Å²) < 4.78 is 0. The Bertz CT molecular complexity index is 862. The summed E-state index contributed by atoms with van der Waals surface area (Å²) in [6, 6.07) is 16.1. The van der Waals surface area contributed by atoms with Crippen molar-refractivity contribution < 1.29 is 9.59 Å². The third-order valence-electron chi connectivity index (χ3n) is 5.76. The van der Waals surface area contributed by atoms with Crippen LogP contribution in [0.25, 0.3) is 0 Å². The van der Waals surface area contributed by atoms with Crippen LogP contribution < -0.4 is 15.5 Å². The van der Waals surface area contributed by atoms with E-state index in [1.165, 1.54) is 5.56 Å². The van der Waals surface area contributed by atoms with E-state index in [0.717, 1.165) is 49.3 Å². The van der Waals surface area contributed by atoms with Crippen LogP contribution >= 0.6 is 0 Å². The first kappa shape index (κ1) is 18.7. The Kier molecular flexibility index (Phi) is 5.44. The molecule has 0 saturated carbocycles. The SMILES string of the molecule is C[C@H]1C[C@@H](C(=O)Nc2ccc(CC(=O)N3CCc4ccccc43)cc2)CCN1. The second-order valence-electron chi connectivity index (χ2n) is 7.86. The quantitative estimate of drug-likeness (QED) is 0.860. The number of carbonyl (C=O) groups excluding carboxylic acids is 2. The minimum absolute atomic E-state index is 0.0627. The minimum atomic E-state index is 0.0627. The zero-order chi connectivity index (χ0) is 19.5. The number of hydrogen-bond acceptors (Lipinski definition) is 3. The Morgan fingerprint density at radius 3 is 2.71 bits per heavy atom. The molecule has 2 aromatic carbocycles. The highest BCUT2D eigenvalue weighted by Crippen LogP contribution is 2.28. The Labute approximate surface area is 166 Å². The number of benzene rings is 2. The lowest BCUT2D eigenvalue weighted by Gasteiger charge is -2.27. The first-order chi connectivity index (χ1) is 13.6. The molecule has 4 rings (SSSR count). The van der Waals surface area contributed by atoms with Gasteiger partial charge in [-0.15, -0.1) is 0 Å². The number of carbonyl (C=O) groups is 2. The fourth-order valence-electron chi connectivity index (χ4n) is 4.19. The fraction of sp³-hybridized carbons (Fsp3) is 0.391. The highest BCUT2D eigenvalue weighted by atomic mass is 16.2. The molecule has 2 aromatic rings. The predicted octanol–water partition coefficient (Wildman–Crippen LogP) is 3.15. The third-order valence-corrected chi connectivity index (χ3v) is 5.76. The van der Waals surface area contributed by atoms with Gasteiger partial charge in [0, 0.05) is 29.9 Å². The van der Waals surface area contributed by atoms with Gasteiger partial charge in [0.05, 0.1) is 6.42 Å². The van der Waals surface area contributed by atoms with Crippen molar-refractivity contribution in [1.82, 2.24) is 5.32 Å². The number of piperidine rings is 1. The molecular weight excluding hydrogens is 350 g/mol. The molecule has 1 fully saturated rings. The van der Waals surface area contributed by atoms with Crippen LogP contribution in [-0.2, 0) is 22.4 Å². The Morgan fingerprint density at radius 1 is 1.14 bits per heavy atom. The topological polar surface area (TPSA) is 61.4 Å². The Balaban J connectivity index is 1.35. The molecule has 2 amide bonds. The van der Waals surface area contributed by atoms with E-state index in [4.69, 9.17) is 0 Å². The number of hydrogen-bond donors (Lipinski definition) is 2. The van der Waals surface area contributed by atoms with Crippen molar-refractivity contribution in [3.8, 4) is 0 Å². The van der Waals surface area contributed by atoms with Crippen molar-refractivity contribution in [1.29, 1.82) is 0 Å². The van der Waals surface area contributed by atoms with Gasteiger partial charge in [0.25, 0.3) is 0 Å². The summed E-state index contributed by atoms with van der Waals surface area (Å²) in [5.74, 6) is 0.268. The van der Waals surface area contributed by atoms with Crippen molar-refractivity contribution in [2.45, 2.75) is 38.6 Å². The van der Waals surface area contributed by atoms with Gasteiger partial charge in [0.15, 0.2) is 0 Å². The summed E-state index contributed by atoms with van der Waals surface area (Å²) in [5.41, 5.74) is 4.02. The molecule has 0 bridgehead atoms. The molecule has 2 aliphatic rings. The normalized spacial score (nSPS) is 21.2. The van der Waals surface area contributed by atoms with Gasteiger partial charge in [-0.1, -0.05) is 30.3 Å². The summed E-state index contributed by atoms with van der Waals surface area (Å²) in [4.78, 5) is 27.1. The van der Waals surface area contributed by atoms with Crippen molar-refractivity contribution in [2.24, 2.45) is 5.92 Å². The van der Waals surface area contributed by atoms with Crippen LogP contribution in [0.5, 0.6) is 0 Å². The molecule has 5 nitrogen and oxygen atoms in total. The highest BCUT2D eigenvalue weighted by Gasteiger charge is 2.25. The number of nitrogens with zero attached hydrogens (tertiary/aromatic N) is 1. The number of nitrogens with one attached hydrogen (secondary N) is 2. The largest absolute Gasteiger partial charge is 0.326 e. The fourth-order valence-corrected chi connectivity index (χ4v) is 4.19. The van der Waals surface area contributed by atoms with E-state index in [2.05, 4.69) is 23.6 Å². The van der Waals surface area contributed by atoms with Gasteiger partial charge in [-0.3, -0.25) is 9.59 Å². The molecule has 2 heterocycles. The maximum Gasteiger partial charge on any atom is 0.231 e. The van der Waals surface area contributed by atoms with Crippen LogP contribution in [0.15, 0.2) is 48.5 Å². The smallest absolute Gasteiger partial charge is 0.231 e. The van der Waals surface area contributed by atoms with Gasteiger partial charge in [0.2, 0.25) is 11.8 Å². The van der Waals surface area contributed by atoms with Gasteiger partial charge in [-0.2, -0.15) is 0 Å². The number of para-hydroxylation sites is 1. The lowest BCUT2D eigenvalue weighted by molar-refractivity contribution is -0.121. The Morgan fingerprint density at radius 2 is 1.93 bits per heavy atom. The molecule has 1 saturated heterocycles. The van der Waals surface area contributed by atoms with E-state index >= 15 is 0 Å². The van der Waals surface area contributed by atoms with Gasteiger partial charge >= 0.3 is 0 Å². The first-order valence-corrected chi connectivity index (χ1v) is 10.1. The summed E-state index contributed by atoms with van der Waals surface area (Å²) in [5, 5.41) is 6.39. The molecule has 28 heavy (non-hydrogen) atoms. The summed E-state index contributed by atoms with van der Waals surface area (Å²) in [6.45, 7) is 3.75. The summed E-state index contributed by atoms with van der Waals surface area (Å²) in [6.07, 6.45) is 3.03. The maximum atomic E-state index is 12.7. The van der Waals surface area contributed by atoms with E-state index in [9.17, 15) is 9.59 Å². The monoisotopic (exact) mass is 377 g/mol. The third kappa shape index (κ3) is 4.09. The number of anilines is 2. The lowest BCUT2D eigenvalue weighted by Crippen LogP contribution is -2.40. The molecule has 2 atom stereocenters. The van der Waals surface area contributed by atoms with Gasteiger partial charge < -0.3 is 15.5 Å².